The lowest BCUT2D eigenvalue weighted by Crippen LogP contribution is -2.43. The van der Waals surface area contributed by atoms with Crippen molar-refractivity contribution in [2.24, 2.45) is 5.92 Å². The van der Waals surface area contributed by atoms with Crippen molar-refractivity contribution in [3.63, 3.8) is 0 Å². The number of carbonyl (C=O) groups excluding carboxylic acids is 2. The van der Waals surface area contributed by atoms with Gasteiger partial charge in [-0.15, -0.1) is 0 Å². The molecule has 1 fully saturated rings. The molecule has 1 aliphatic carbocycles. The molecule has 23 heavy (non-hydrogen) atoms. The summed E-state index contributed by atoms with van der Waals surface area (Å²) in [6.07, 6.45) is 4.83. The van der Waals surface area contributed by atoms with Crippen LogP contribution in [0.4, 0.5) is 0 Å². The van der Waals surface area contributed by atoms with E-state index < -0.39 is 0 Å². The molecule has 1 amide bonds. The maximum Gasteiger partial charge on any atom is 0.310 e. The highest BCUT2D eigenvalue weighted by Crippen LogP contribution is 2.25. The van der Waals surface area contributed by atoms with Gasteiger partial charge in [0.2, 0.25) is 0 Å². The smallest absolute Gasteiger partial charge is 0.310 e. The van der Waals surface area contributed by atoms with Gasteiger partial charge in [-0.25, -0.2) is 0 Å². The molecule has 0 radical (unpaired) electrons. The fourth-order valence-electron chi connectivity index (χ4n) is 3.08. The summed E-state index contributed by atoms with van der Waals surface area (Å²) in [7, 11) is 1.39. The predicted molar refractivity (Wildman–Crippen MR) is 85.6 cm³/mol. The Morgan fingerprint density at radius 3 is 2.83 bits per heavy atom. The van der Waals surface area contributed by atoms with Crippen LogP contribution in [0.1, 0.15) is 48.0 Å². The summed E-state index contributed by atoms with van der Waals surface area (Å²) in [5.74, 6) is -0.741. The highest BCUT2D eigenvalue weighted by Gasteiger charge is 2.31. The fraction of sp³-hybridized carbons (Fsp3) is 0.500. The Hall–Kier alpha value is -2.35. The third-order valence-corrected chi connectivity index (χ3v) is 4.31. The topological polar surface area (TPSA) is 79.2 Å². The number of nitrogens with one attached hydrogen (secondary N) is 1. The van der Waals surface area contributed by atoms with Crippen LogP contribution in [0.3, 0.4) is 0 Å². The standard InChI is InChI=1S/C18H22N2O3/c1-23-18(22)15-8-3-2-4-9-16(15)20-17(21)14-7-5-6-13(12-14)10-11-19/h5-7,12,15-16H,2-4,8-10H2,1H3,(H,20,21)/t15-,16+/m0/s1. The van der Waals surface area contributed by atoms with Gasteiger partial charge in [-0.05, 0) is 30.5 Å². The van der Waals surface area contributed by atoms with Crippen molar-refractivity contribution in [3.05, 3.63) is 35.4 Å². The number of benzene rings is 1. The maximum atomic E-state index is 12.5. The molecule has 5 heteroatoms. The lowest BCUT2D eigenvalue weighted by molar-refractivity contribution is -0.146. The second-order valence-corrected chi connectivity index (χ2v) is 5.88. The van der Waals surface area contributed by atoms with Gasteiger partial charge in [-0.2, -0.15) is 5.26 Å². The molecule has 0 unspecified atom stereocenters. The molecule has 0 bridgehead atoms. The van der Waals surface area contributed by atoms with Crippen LogP contribution in [0.5, 0.6) is 0 Å². The van der Waals surface area contributed by atoms with Crippen molar-refractivity contribution in [3.8, 4) is 6.07 Å². The molecule has 1 aliphatic rings. The molecule has 1 saturated carbocycles. The van der Waals surface area contributed by atoms with Gasteiger partial charge in [0, 0.05) is 11.6 Å². The Labute approximate surface area is 136 Å². The number of nitriles is 1. The predicted octanol–water partition coefficient (Wildman–Crippen LogP) is 2.60. The Morgan fingerprint density at radius 1 is 1.30 bits per heavy atom. The highest BCUT2D eigenvalue weighted by atomic mass is 16.5. The first kappa shape index (κ1) is 17.0. The number of esters is 1. The van der Waals surface area contributed by atoms with Crippen LogP contribution in [0, 0.1) is 17.2 Å². The molecule has 2 rings (SSSR count). The first-order valence-corrected chi connectivity index (χ1v) is 8.00. The van der Waals surface area contributed by atoms with Crippen LogP contribution in [0.25, 0.3) is 0 Å². The zero-order valence-electron chi connectivity index (χ0n) is 13.4. The van der Waals surface area contributed by atoms with E-state index in [0.29, 0.717) is 5.56 Å². The van der Waals surface area contributed by atoms with Crippen LogP contribution in [0.15, 0.2) is 24.3 Å². The van der Waals surface area contributed by atoms with E-state index in [9.17, 15) is 9.59 Å². The van der Waals surface area contributed by atoms with Crippen molar-refractivity contribution in [1.29, 1.82) is 5.26 Å². The van der Waals surface area contributed by atoms with Gasteiger partial charge in [0.05, 0.1) is 25.5 Å². The number of amides is 1. The fourth-order valence-corrected chi connectivity index (χ4v) is 3.08. The molecule has 1 N–H and O–H groups in total. The number of rotatable bonds is 4. The van der Waals surface area contributed by atoms with Gasteiger partial charge < -0.3 is 10.1 Å². The van der Waals surface area contributed by atoms with E-state index in [1.807, 2.05) is 6.07 Å². The number of carbonyl (C=O) groups is 2. The van der Waals surface area contributed by atoms with Crippen molar-refractivity contribution < 1.29 is 14.3 Å². The quantitative estimate of drug-likeness (QED) is 0.684. The molecule has 5 nitrogen and oxygen atoms in total. The number of ether oxygens (including phenoxy) is 1. The summed E-state index contributed by atoms with van der Waals surface area (Å²) in [6, 6.07) is 8.92. The Balaban J connectivity index is 2.11. The highest BCUT2D eigenvalue weighted by molar-refractivity contribution is 5.95. The van der Waals surface area contributed by atoms with Crippen molar-refractivity contribution in [2.75, 3.05) is 7.11 Å². The first-order chi connectivity index (χ1) is 11.2. The van der Waals surface area contributed by atoms with Crippen molar-refractivity contribution >= 4 is 11.9 Å². The third kappa shape index (κ3) is 4.56. The van der Waals surface area contributed by atoms with Crippen molar-refractivity contribution in [1.82, 2.24) is 5.32 Å². The normalized spacial score (nSPS) is 20.9. The zero-order chi connectivity index (χ0) is 16.7. The number of methoxy groups -OCH3 is 1. The second kappa shape index (κ2) is 8.33. The summed E-state index contributed by atoms with van der Waals surface area (Å²) in [5, 5.41) is 11.7. The summed E-state index contributed by atoms with van der Waals surface area (Å²) < 4.78 is 4.89. The summed E-state index contributed by atoms with van der Waals surface area (Å²) in [6.45, 7) is 0. The van der Waals surface area contributed by atoms with E-state index in [1.165, 1.54) is 7.11 Å². The van der Waals surface area contributed by atoms with E-state index in [-0.39, 0.29) is 30.3 Å². The zero-order valence-corrected chi connectivity index (χ0v) is 13.4. The van der Waals surface area contributed by atoms with Crippen LogP contribution < -0.4 is 5.32 Å². The Morgan fingerprint density at radius 2 is 2.09 bits per heavy atom. The molecule has 0 heterocycles. The molecule has 1 aromatic carbocycles. The molecule has 1 aromatic rings. The van der Waals surface area contributed by atoms with Crippen LogP contribution in [-0.4, -0.2) is 25.0 Å². The van der Waals surface area contributed by atoms with Crippen molar-refractivity contribution in [2.45, 2.75) is 44.6 Å². The third-order valence-electron chi connectivity index (χ3n) is 4.31. The van der Waals surface area contributed by atoms with Gasteiger partial charge in [-0.3, -0.25) is 9.59 Å². The van der Waals surface area contributed by atoms with Crippen LogP contribution in [-0.2, 0) is 16.0 Å². The molecule has 0 spiro atoms. The molecule has 0 aromatic heterocycles. The molecule has 0 saturated heterocycles. The van der Waals surface area contributed by atoms with Gasteiger partial charge >= 0.3 is 5.97 Å². The van der Waals surface area contributed by atoms with Gasteiger partial charge in [0.25, 0.3) is 5.91 Å². The number of hydrogen-bond donors (Lipinski definition) is 1. The Kier molecular flexibility index (Phi) is 6.16. The summed E-state index contributed by atoms with van der Waals surface area (Å²) in [4.78, 5) is 24.5. The average Bonchev–Trinajstić information content (AvgIpc) is 2.80. The lowest BCUT2D eigenvalue weighted by Gasteiger charge is -2.24. The Bertz CT molecular complexity index is 607. The molecular formula is C18H22N2O3. The van der Waals surface area contributed by atoms with Crippen LogP contribution in [0.2, 0.25) is 0 Å². The van der Waals surface area contributed by atoms with E-state index in [0.717, 1.165) is 37.7 Å². The molecule has 0 aliphatic heterocycles. The van der Waals surface area contributed by atoms with E-state index in [4.69, 9.17) is 10.00 Å². The minimum absolute atomic E-state index is 0.197. The second-order valence-electron chi connectivity index (χ2n) is 5.88. The molecule has 122 valence electrons. The summed E-state index contributed by atoms with van der Waals surface area (Å²) in [5.41, 5.74) is 1.33. The van der Waals surface area contributed by atoms with Gasteiger partial charge in [0.1, 0.15) is 0 Å². The lowest BCUT2D eigenvalue weighted by atomic mass is 9.94. The first-order valence-electron chi connectivity index (χ1n) is 8.00. The van der Waals surface area contributed by atoms with Gasteiger partial charge in [-0.1, -0.05) is 31.4 Å². The monoisotopic (exact) mass is 314 g/mol. The minimum Gasteiger partial charge on any atom is -0.469 e. The van der Waals surface area contributed by atoms with E-state index in [1.54, 1.807) is 18.2 Å². The van der Waals surface area contributed by atoms with Gasteiger partial charge in [0.15, 0.2) is 0 Å². The molecular weight excluding hydrogens is 292 g/mol. The van der Waals surface area contributed by atoms with E-state index >= 15 is 0 Å². The SMILES string of the molecule is COC(=O)[C@H]1CCCCC[C@H]1NC(=O)c1cccc(CC#N)c1. The number of nitrogens with zero attached hydrogens (tertiary/aromatic N) is 1. The van der Waals surface area contributed by atoms with Crippen LogP contribution >= 0.6 is 0 Å². The minimum atomic E-state index is -0.284. The van der Waals surface area contributed by atoms with E-state index in [2.05, 4.69) is 11.4 Å². The maximum absolute atomic E-state index is 12.5. The number of hydrogen-bond acceptors (Lipinski definition) is 4. The largest absolute Gasteiger partial charge is 0.469 e. The summed E-state index contributed by atoms with van der Waals surface area (Å²) >= 11 is 0. The molecule has 2 atom stereocenters. The average molecular weight is 314 g/mol.